The quantitative estimate of drug-likeness (QED) is 0.856. The number of carbonyl (C=O) groups is 1. The van der Waals surface area contributed by atoms with Crippen molar-refractivity contribution in [2.24, 2.45) is 0 Å². The van der Waals surface area contributed by atoms with E-state index in [1.807, 2.05) is 32.0 Å². The van der Waals surface area contributed by atoms with E-state index in [1.54, 1.807) is 0 Å². The SMILES string of the molecule is C#Cc1[nH]c(C)c(NC(=O)Cc2ccc3c(c2)OCO3)c1C. The highest BCUT2D eigenvalue weighted by atomic mass is 16.7. The number of amides is 1. The minimum atomic E-state index is -0.104. The van der Waals surface area contributed by atoms with Crippen molar-refractivity contribution in [3.05, 3.63) is 40.7 Å². The van der Waals surface area contributed by atoms with Crippen molar-refractivity contribution >= 4 is 11.6 Å². The van der Waals surface area contributed by atoms with E-state index in [1.165, 1.54) is 0 Å². The molecule has 2 heterocycles. The smallest absolute Gasteiger partial charge is 0.231 e. The standard InChI is InChI=1S/C17H16N2O3/c1-4-13-10(2)17(11(3)18-13)19-16(20)8-12-5-6-14-15(7-12)22-9-21-14/h1,5-7,18H,8-9H2,2-3H3,(H,19,20). The molecule has 22 heavy (non-hydrogen) atoms. The molecule has 0 radical (unpaired) electrons. The number of anilines is 1. The number of rotatable bonds is 3. The Bertz CT molecular complexity index is 784. The van der Waals surface area contributed by atoms with Gasteiger partial charge in [0.1, 0.15) is 0 Å². The molecule has 112 valence electrons. The van der Waals surface area contributed by atoms with Crippen molar-refractivity contribution < 1.29 is 14.3 Å². The Morgan fingerprint density at radius 1 is 1.36 bits per heavy atom. The fourth-order valence-corrected chi connectivity index (χ4v) is 2.50. The molecule has 1 aromatic heterocycles. The minimum absolute atomic E-state index is 0.104. The maximum atomic E-state index is 12.2. The monoisotopic (exact) mass is 296 g/mol. The van der Waals surface area contributed by atoms with Gasteiger partial charge in [0.15, 0.2) is 11.5 Å². The maximum Gasteiger partial charge on any atom is 0.231 e. The number of ether oxygens (including phenoxy) is 2. The van der Waals surface area contributed by atoms with E-state index in [9.17, 15) is 4.79 Å². The highest BCUT2D eigenvalue weighted by molar-refractivity contribution is 5.94. The first-order valence-corrected chi connectivity index (χ1v) is 6.92. The normalized spacial score (nSPS) is 12.0. The average molecular weight is 296 g/mol. The predicted octanol–water partition coefficient (Wildman–Crippen LogP) is 2.52. The molecule has 1 aliphatic heterocycles. The molecule has 5 heteroatoms. The average Bonchev–Trinajstić information content (AvgIpc) is 3.06. The van der Waals surface area contributed by atoms with Crippen LogP contribution in [-0.4, -0.2) is 17.7 Å². The summed E-state index contributed by atoms with van der Waals surface area (Å²) in [5.74, 6) is 3.85. The molecule has 0 atom stereocenters. The van der Waals surface area contributed by atoms with E-state index in [0.29, 0.717) is 17.2 Å². The van der Waals surface area contributed by atoms with Crippen molar-refractivity contribution in [1.29, 1.82) is 0 Å². The van der Waals surface area contributed by atoms with Gasteiger partial charge in [-0.3, -0.25) is 4.79 Å². The van der Waals surface area contributed by atoms with Crippen LogP contribution < -0.4 is 14.8 Å². The first-order chi connectivity index (χ1) is 10.6. The van der Waals surface area contributed by atoms with Gasteiger partial charge in [0.05, 0.1) is 17.8 Å². The highest BCUT2D eigenvalue weighted by Gasteiger charge is 2.16. The van der Waals surface area contributed by atoms with Gasteiger partial charge >= 0.3 is 0 Å². The molecule has 1 aliphatic rings. The molecule has 1 aromatic carbocycles. The van der Waals surface area contributed by atoms with Gasteiger partial charge in [-0.05, 0) is 31.5 Å². The molecular formula is C17H16N2O3. The van der Waals surface area contributed by atoms with Gasteiger partial charge in [-0.15, -0.1) is 6.42 Å². The number of hydrogen-bond donors (Lipinski definition) is 2. The molecule has 1 amide bonds. The van der Waals surface area contributed by atoms with Crippen LogP contribution in [0.2, 0.25) is 0 Å². The van der Waals surface area contributed by atoms with E-state index in [2.05, 4.69) is 16.2 Å². The van der Waals surface area contributed by atoms with Gasteiger partial charge in [-0.1, -0.05) is 12.0 Å². The zero-order chi connectivity index (χ0) is 15.7. The van der Waals surface area contributed by atoms with Crippen LogP contribution in [0.1, 0.15) is 22.5 Å². The second kappa shape index (κ2) is 5.49. The number of aromatic amines is 1. The second-order valence-electron chi connectivity index (χ2n) is 5.18. The zero-order valence-corrected chi connectivity index (χ0v) is 12.4. The number of benzene rings is 1. The van der Waals surface area contributed by atoms with E-state index in [0.717, 1.165) is 22.5 Å². The first-order valence-electron chi connectivity index (χ1n) is 6.92. The summed E-state index contributed by atoms with van der Waals surface area (Å²) in [6.07, 6.45) is 5.68. The lowest BCUT2D eigenvalue weighted by molar-refractivity contribution is -0.115. The third kappa shape index (κ3) is 2.51. The van der Waals surface area contributed by atoms with Crippen LogP contribution in [0, 0.1) is 26.2 Å². The van der Waals surface area contributed by atoms with Gasteiger partial charge in [-0.25, -0.2) is 0 Å². The van der Waals surface area contributed by atoms with E-state index in [4.69, 9.17) is 15.9 Å². The topological polar surface area (TPSA) is 63.4 Å². The largest absolute Gasteiger partial charge is 0.454 e. The fourth-order valence-electron chi connectivity index (χ4n) is 2.50. The number of carbonyl (C=O) groups excluding carboxylic acids is 1. The van der Waals surface area contributed by atoms with E-state index < -0.39 is 0 Å². The number of nitrogens with one attached hydrogen (secondary N) is 2. The Labute approximate surface area is 128 Å². The van der Waals surface area contributed by atoms with Crippen LogP contribution in [0.5, 0.6) is 11.5 Å². The number of fused-ring (bicyclic) bond motifs is 1. The lowest BCUT2D eigenvalue weighted by Crippen LogP contribution is -2.15. The Hall–Kier alpha value is -2.87. The molecule has 2 N–H and O–H groups in total. The number of terminal acetylenes is 1. The van der Waals surface area contributed by atoms with Gasteiger partial charge in [-0.2, -0.15) is 0 Å². The Balaban J connectivity index is 1.73. The van der Waals surface area contributed by atoms with Crippen LogP contribution in [0.25, 0.3) is 0 Å². The zero-order valence-electron chi connectivity index (χ0n) is 12.4. The molecule has 0 bridgehead atoms. The summed E-state index contributed by atoms with van der Waals surface area (Å²) in [6.45, 7) is 3.99. The molecule has 2 aromatic rings. The Kier molecular flexibility index (Phi) is 3.51. The van der Waals surface area contributed by atoms with Gasteiger partial charge in [0, 0.05) is 11.3 Å². The lowest BCUT2D eigenvalue weighted by atomic mass is 10.1. The molecule has 0 spiro atoms. The molecule has 0 saturated carbocycles. The molecule has 0 aliphatic carbocycles. The summed E-state index contributed by atoms with van der Waals surface area (Å²) in [7, 11) is 0. The van der Waals surface area contributed by atoms with Crippen LogP contribution in [-0.2, 0) is 11.2 Å². The molecule has 0 fully saturated rings. The lowest BCUT2D eigenvalue weighted by Gasteiger charge is -2.07. The number of aryl methyl sites for hydroxylation is 1. The van der Waals surface area contributed by atoms with Gasteiger partial charge in [0.25, 0.3) is 0 Å². The summed E-state index contributed by atoms with van der Waals surface area (Å²) in [4.78, 5) is 15.3. The second-order valence-corrected chi connectivity index (χ2v) is 5.18. The van der Waals surface area contributed by atoms with Gasteiger partial charge < -0.3 is 19.8 Å². The van der Waals surface area contributed by atoms with Crippen LogP contribution in [0.4, 0.5) is 5.69 Å². The van der Waals surface area contributed by atoms with Crippen molar-refractivity contribution in [3.8, 4) is 23.8 Å². The molecule has 3 rings (SSSR count). The summed E-state index contributed by atoms with van der Waals surface area (Å²) >= 11 is 0. The number of H-pyrrole nitrogens is 1. The number of aromatic nitrogens is 1. The molecule has 5 nitrogen and oxygen atoms in total. The van der Waals surface area contributed by atoms with E-state index in [-0.39, 0.29) is 19.1 Å². The van der Waals surface area contributed by atoms with Gasteiger partial charge in [0.2, 0.25) is 12.7 Å². The molecule has 0 saturated heterocycles. The first kappa shape index (κ1) is 14.1. The summed E-state index contributed by atoms with van der Waals surface area (Å²) in [6, 6.07) is 5.50. The van der Waals surface area contributed by atoms with Crippen molar-refractivity contribution in [3.63, 3.8) is 0 Å². The number of hydrogen-bond acceptors (Lipinski definition) is 3. The highest BCUT2D eigenvalue weighted by Crippen LogP contribution is 2.32. The predicted molar refractivity (Wildman–Crippen MR) is 83.1 cm³/mol. The van der Waals surface area contributed by atoms with Crippen LogP contribution >= 0.6 is 0 Å². The Morgan fingerprint density at radius 3 is 2.86 bits per heavy atom. The van der Waals surface area contributed by atoms with Crippen molar-refractivity contribution in [2.45, 2.75) is 20.3 Å². The third-order valence-electron chi connectivity index (χ3n) is 3.65. The summed E-state index contributed by atoms with van der Waals surface area (Å²) in [5.41, 5.74) is 4.03. The fraction of sp³-hybridized carbons (Fsp3) is 0.235. The van der Waals surface area contributed by atoms with Crippen LogP contribution in [0.15, 0.2) is 18.2 Å². The van der Waals surface area contributed by atoms with Crippen molar-refractivity contribution in [2.75, 3.05) is 12.1 Å². The summed E-state index contributed by atoms with van der Waals surface area (Å²) < 4.78 is 10.6. The molecular weight excluding hydrogens is 280 g/mol. The van der Waals surface area contributed by atoms with Crippen LogP contribution in [0.3, 0.4) is 0 Å². The Morgan fingerprint density at radius 2 is 2.14 bits per heavy atom. The van der Waals surface area contributed by atoms with E-state index >= 15 is 0 Å². The summed E-state index contributed by atoms with van der Waals surface area (Å²) in [5, 5.41) is 2.91. The molecule has 0 unspecified atom stereocenters. The maximum absolute atomic E-state index is 12.2. The van der Waals surface area contributed by atoms with Crippen molar-refractivity contribution in [1.82, 2.24) is 4.98 Å². The minimum Gasteiger partial charge on any atom is -0.454 e. The third-order valence-corrected chi connectivity index (χ3v) is 3.65.